The van der Waals surface area contributed by atoms with E-state index in [4.69, 9.17) is 11.6 Å². The summed E-state index contributed by atoms with van der Waals surface area (Å²) >= 11 is 6.15. The number of benzene rings is 1. The second-order valence-electron chi connectivity index (χ2n) is 4.62. The van der Waals surface area contributed by atoms with E-state index in [-0.39, 0.29) is 6.10 Å². The first kappa shape index (κ1) is 11.0. The van der Waals surface area contributed by atoms with Gasteiger partial charge in [0.15, 0.2) is 0 Å². The summed E-state index contributed by atoms with van der Waals surface area (Å²) in [5, 5.41) is 10.8. The van der Waals surface area contributed by atoms with Gasteiger partial charge in [0.25, 0.3) is 0 Å². The molecular formula is C13H17ClO. The molecule has 0 radical (unpaired) electrons. The summed E-state index contributed by atoms with van der Waals surface area (Å²) in [6.45, 7) is 6.31. The van der Waals surface area contributed by atoms with Crippen molar-refractivity contribution >= 4 is 11.6 Å². The van der Waals surface area contributed by atoms with Crippen LogP contribution in [-0.4, -0.2) is 5.11 Å². The Morgan fingerprint density at radius 1 is 1.27 bits per heavy atom. The summed E-state index contributed by atoms with van der Waals surface area (Å²) in [4.78, 5) is 0. The molecule has 0 heterocycles. The van der Waals surface area contributed by atoms with Crippen LogP contribution in [0.1, 0.15) is 54.0 Å². The normalized spacial score (nSPS) is 25.1. The second kappa shape index (κ2) is 3.80. The van der Waals surface area contributed by atoms with Crippen LogP contribution >= 0.6 is 11.6 Å². The Bertz CT molecular complexity index is 398. The molecule has 0 saturated heterocycles. The minimum Gasteiger partial charge on any atom is -0.388 e. The largest absolute Gasteiger partial charge is 0.388 e. The molecule has 2 rings (SSSR count). The average Bonchev–Trinajstić information content (AvgIpc) is 2.18. The van der Waals surface area contributed by atoms with E-state index in [9.17, 15) is 5.11 Å². The SMILES string of the molecule is Cc1cc(Cl)c(C)c2c1C(C)CCC2O. The molecule has 1 aliphatic rings. The molecule has 2 heteroatoms. The van der Waals surface area contributed by atoms with Crippen LogP contribution in [0.5, 0.6) is 0 Å². The molecule has 2 atom stereocenters. The van der Waals surface area contributed by atoms with Gasteiger partial charge in [-0.2, -0.15) is 0 Å². The first-order valence-corrected chi connectivity index (χ1v) is 5.87. The zero-order valence-electron chi connectivity index (χ0n) is 9.47. The molecule has 1 aliphatic carbocycles. The molecule has 0 fully saturated rings. The highest BCUT2D eigenvalue weighted by Gasteiger charge is 2.27. The number of aliphatic hydroxyl groups is 1. The molecule has 0 amide bonds. The lowest BCUT2D eigenvalue weighted by Crippen LogP contribution is -2.15. The van der Waals surface area contributed by atoms with Crippen molar-refractivity contribution in [2.45, 2.75) is 45.6 Å². The first-order valence-electron chi connectivity index (χ1n) is 5.50. The standard InChI is InChI=1S/C13H17ClO/c1-7-4-5-11(15)13-9(3)10(14)6-8(2)12(7)13/h6-7,11,15H,4-5H2,1-3H3. The molecule has 0 spiro atoms. The fraction of sp³-hybridized carbons (Fsp3) is 0.538. The highest BCUT2D eigenvalue weighted by atomic mass is 35.5. The predicted octanol–water partition coefficient (Wildman–Crippen LogP) is 3.89. The van der Waals surface area contributed by atoms with Gasteiger partial charge in [-0.25, -0.2) is 0 Å². The van der Waals surface area contributed by atoms with E-state index in [1.165, 1.54) is 11.1 Å². The van der Waals surface area contributed by atoms with E-state index in [1.807, 2.05) is 13.0 Å². The summed E-state index contributed by atoms with van der Waals surface area (Å²) < 4.78 is 0. The average molecular weight is 225 g/mol. The fourth-order valence-corrected chi connectivity index (χ4v) is 2.96. The molecule has 1 aromatic carbocycles. The maximum Gasteiger partial charge on any atom is 0.0796 e. The summed E-state index contributed by atoms with van der Waals surface area (Å²) in [5.74, 6) is 0.541. The molecule has 0 bridgehead atoms. The van der Waals surface area contributed by atoms with Gasteiger partial charge in [0, 0.05) is 5.02 Å². The molecule has 1 nitrogen and oxygen atoms in total. The Balaban J connectivity index is 2.71. The third-order valence-corrected chi connectivity index (χ3v) is 3.91. The number of halogens is 1. The molecule has 0 aromatic heterocycles. The number of fused-ring (bicyclic) bond motifs is 1. The van der Waals surface area contributed by atoms with Crippen LogP contribution in [0, 0.1) is 13.8 Å². The molecule has 1 N–H and O–H groups in total. The van der Waals surface area contributed by atoms with Gasteiger partial charge in [-0.15, -0.1) is 0 Å². The molecule has 0 saturated carbocycles. The van der Waals surface area contributed by atoms with Crippen LogP contribution in [0.15, 0.2) is 6.07 Å². The maximum absolute atomic E-state index is 10.1. The number of hydrogen-bond donors (Lipinski definition) is 1. The van der Waals surface area contributed by atoms with Crippen molar-refractivity contribution in [3.63, 3.8) is 0 Å². The number of hydrogen-bond acceptors (Lipinski definition) is 1. The monoisotopic (exact) mass is 224 g/mol. The summed E-state index contributed by atoms with van der Waals surface area (Å²) in [6, 6.07) is 2.02. The van der Waals surface area contributed by atoms with E-state index in [1.54, 1.807) is 0 Å². The number of rotatable bonds is 0. The van der Waals surface area contributed by atoms with Gasteiger partial charge in [0.2, 0.25) is 0 Å². The van der Waals surface area contributed by atoms with E-state index < -0.39 is 0 Å². The summed E-state index contributed by atoms with van der Waals surface area (Å²) in [5.41, 5.74) is 4.66. The summed E-state index contributed by atoms with van der Waals surface area (Å²) in [6.07, 6.45) is 1.60. The van der Waals surface area contributed by atoms with Crippen molar-refractivity contribution in [1.29, 1.82) is 0 Å². The molecule has 0 aliphatic heterocycles. The van der Waals surface area contributed by atoms with Crippen LogP contribution < -0.4 is 0 Å². The molecule has 82 valence electrons. The fourth-order valence-electron chi connectivity index (χ4n) is 2.70. The third kappa shape index (κ3) is 1.68. The Morgan fingerprint density at radius 2 is 1.93 bits per heavy atom. The Morgan fingerprint density at radius 3 is 2.60 bits per heavy atom. The van der Waals surface area contributed by atoms with Crippen molar-refractivity contribution in [1.82, 2.24) is 0 Å². The lowest BCUT2D eigenvalue weighted by atomic mass is 9.78. The minimum atomic E-state index is -0.325. The van der Waals surface area contributed by atoms with Crippen molar-refractivity contribution in [2.24, 2.45) is 0 Å². The zero-order chi connectivity index (χ0) is 11.2. The van der Waals surface area contributed by atoms with Gasteiger partial charge in [-0.3, -0.25) is 0 Å². The van der Waals surface area contributed by atoms with E-state index in [2.05, 4.69) is 13.8 Å². The highest BCUT2D eigenvalue weighted by molar-refractivity contribution is 6.31. The van der Waals surface area contributed by atoms with Crippen LogP contribution in [0.4, 0.5) is 0 Å². The predicted molar refractivity (Wildman–Crippen MR) is 63.5 cm³/mol. The first-order chi connectivity index (χ1) is 7.02. The minimum absolute atomic E-state index is 0.325. The zero-order valence-corrected chi connectivity index (χ0v) is 10.2. The highest BCUT2D eigenvalue weighted by Crippen LogP contribution is 2.42. The van der Waals surface area contributed by atoms with Crippen molar-refractivity contribution in [3.8, 4) is 0 Å². The number of aliphatic hydroxyl groups excluding tert-OH is 1. The Kier molecular flexibility index (Phi) is 2.78. The van der Waals surface area contributed by atoms with Gasteiger partial charge in [0.1, 0.15) is 0 Å². The van der Waals surface area contributed by atoms with E-state index >= 15 is 0 Å². The van der Waals surface area contributed by atoms with Crippen LogP contribution in [0.2, 0.25) is 5.02 Å². The van der Waals surface area contributed by atoms with Crippen LogP contribution in [0.3, 0.4) is 0 Å². The van der Waals surface area contributed by atoms with Crippen molar-refractivity contribution < 1.29 is 5.11 Å². The Hall–Kier alpha value is -0.530. The smallest absolute Gasteiger partial charge is 0.0796 e. The summed E-state index contributed by atoms with van der Waals surface area (Å²) in [7, 11) is 0. The Labute approximate surface area is 96.1 Å². The maximum atomic E-state index is 10.1. The van der Waals surface area contributed by atoms with Crippen molar-refractivity contribution in [2.75, 3.05) is 0 Å². The van der Waals surface area contributed by atoms with Gasteiger partial charge >= 0.3 is 0 Å². The van der Waals surface area contributed by atoms with Gasteiger partial charge in [0.05, 0.1) is 6.10 Å². The van der Waals surface area contributed by atoms with E-state index in [0.29, 0.717) is 5.92 Å². The topological polar surface area (TPSA) is 20.2 Å². The molecule has 2 unspecified atom stereocenters. The molecular weight excluding hydrogens is 208 g/mol. The lowest BCUT2D eigenvalue weighted by Gasteiger charge is -2.30. The third-order valence-electron chi connectivity index (χ3n) is 3.52. The van der Waals surface area contributed by atoms with Crippen molar-refractivity contribution in [3.05, 3.63) is 33.3 Å². The quantitative estimate of drug-likeness (QED) is 0.709. The lowest BCUT2D eigenvalue weighted by molar-refractivity contribution is 0.150. The molecule has 15 heavy (non-hydrogen) atoms. The van der Waals surface area contributed by atoms with Crippen LogP contribution in [0.25, 0.3) is 0 Å². The van der Waals surface area contributed by atoms with E-state index in [0.717, 1.165) is 29.0 Å². The van der Waals surface area contributed by atoms with Gasteiger partial charge in [-0.1, -0.05) is 18.5 Å². The second-order valence-corrected chi connectivity index (χ2v) is 5.03. The molecule has 1 aromatic rings. The number of aryl methyl sites for hydroxylation is 1. The van der Waals surface area contributed by atoms with Gasteiger partial charge < -0.3 is 5.11 Å². The van der Waals surface area contributed by atoms with Crippen LogP contribution in [-0.2, 0) is 0 Å². The van der Waals surface area contributed by atoms with Gasteiger partial charge in [-0.05, 0) is 60.9 Å².